The van der Waals surface area contributed by atoms with E-state index in [0.29, 0.717) is 28.7 Å². The van der Waals surface area contributed by atoms with Crippen molar-refractivity contribution in [2.45, 2.75) is 19.8 Å². The van der Waals surface area contributed by atoms with E-state index in [0.717, 1.165) is 12.8 Å². The Morgan fingerprint density at radius 3 is 2.71 bits per heavy atom. The number of rotatable bonds is 6. The number of aromatic nitrogens is 2. The highest BCUT2D eigenvalue weighted by Gasteiger charge is 2.13. The van der Waals surface area contributed by atoms with Gasteiger partial charge in [0.1, 0.15) is 6.07 Å². The number of nitriles is 1. The van der Waals surface area contributed by atoms with Gasteiger partial charge in [0.05, 0.1) is 29.6 Å². The molecule has 5 nitrogen and oxygen atoms in total. The van der Waals surface area contributed by atoms with Gasteiger partial charge in [-0.2, -0.15) is 5.26 Å². The fourth-order valence-electron chi connectivity index (χ4n) is 1.60. The van der Waals surface area contributed by atoms with Crippen molar-refractivity contribution < 1.29 is 9.47 Å². The molecule has 0 spiro atoms. The molecule has 0 atom stereocenters. The molecular weight excluding hydrogens is 290 g/mol. The van der Waals surface area contributed by atoms with Crippen LogP contribution in [0.4, 0.5) is 0 Å². The number of hydrogen-bond acceptors (Lipinski definition) is 5. The van der Waals surface area contributed by atoms with Gasteiger partial charge in [0.2, 0.25) is 0 Å². The Balaban J connectivity index is 2.25. The normalized spacial score (nSPS) is 9.95. The van der Waals surface area contributed by atoms with Crippen LogP contribution in [0.3, 0.4) is 0 Å². The Labute approximate surface area is 128 Å². The van der Waals surface area contributed by atoms with Crippen LogP contribution in [0.15, 0.2) is 30.6 Å². The van der Waals surface area contributed by atoms with Crippen LogP contribution in [0.1, 0.15) is 25.3 Å². The molecule has 0 aliphatic carbocycles. The van der Waals surface area contributed by atoms with Gasteiger partial charge in [-0.3, -0.25) is 0 Å². The first-order valence-corrected chi connectivity index (χ1v) is 6.93. The monoisotopic (exact) mass is 303 g/mol. The standard InChI is InChI=1S/C15H14ClN3O2/c1-2-3-7-20-14-11(8-17)5-4-6-13(14)21-15-18-9-12(16)10-19-15/h4-6,9-10H,2-3,7H2,1H3. The zero-order chi connectivity index (χ0) is 15.1. The lowest BCUT2D eigenvalue weighted by Gasteiger charge is -2.12. The Kier molecular flexibility index (Phi) is 5.35. The van der Waals surface area contributed by atoms with E-state index < -0.39 is 0 Å². The number of ether oxygens (including phenoxy) is 2. The lowest BCUT2D eigenvalue weighted by atomic mass is 10.2. The van der Waals surface area contributed by atoms with Crippen molar-refractivity contribution in [2.75, 3.05) is 6.61 Å². The van der Waals surface area contributed by atoms with Gasteiger partial charge in [0.25, 0.3) is 0 Å². The van der Waals surface area contributed by atoms with Crippen LogP contribution in [-0.4, -0.2) is 16.6 Å². The number of nitrogens with zero attached hydrogens (tertiary/aromatic N) is 3. The number of benzene rings is 1. The summed E-state index contributed by atoms with van der Waals surface area (Å²) in [4.78, 5) is 7.93. The molecule has 0 amide bonds. The van der Waals surface area contributed by atoms with E-state index in [9.17, 15) is 0 Å². The largest absolute Gasteiger partial charge is 0.488 e. The van der Waals surface area contributed by atoms with Crippen LogP contribution < -0.4 is 9.47 Å². The summed E-state index contributed by atoms with van der Waals surface area (Å²) in [6.07, 6.45) is 4.78. The van der Waals surface area contributed by atoms with Gasteiger partial charge in [-0.1, -0.05) is 31.0 Å². The number of para-hydroxylation sites is 1. The molecule has 0 aliphatic heterocycles. The maximum atomic E-state index is 9.17. The molecule has 0 aliphatic rings. The molecule has 0 radical (unpaired) electrons. The molecule has 0 fully saturated rings. The SMILES string of the molecule is CCCCOc1c(C#N)cccc1Oc1ncc(Cl)cn1. The Bertz CT molecular complexity index is 638. The predicted molar refractivity (Wildman–Crippen MR) is 78.7 cm³/mol. The fraction of sp³-hybridized carbons (Fsp3) is 0.267. The number of hydrogen-bond donors (Lipinski definition) is 0. The second-order valence-electron chi connectivity index (χ2n) is 4.23. The van der Waals surface area contributed by atoms with Crippen LogP contribution in [0.5, 0.6) is 17.5 Å². The van der Waals surface area contributed by atoms with E-state index >= 15 is 0 Å². The third kappa shape index (κ3) is 4.07. The summed E-state index contributed by atoms with van der Waals surface area (Å²) in [5.41, 5.74) is 0.414. The van der Waals surface area contributed by atoms with E-state index in [1.165, 1.54) is 12.4 Å². The molecular formula is C15H14ClN3O2. The fourth-order valence-corrected chi connectivity index (χ4v) is 1.70. The molecule has 108 valence electrons. The number of unbranched alkanes of at least 4 members (excludes halogenated alkanes) is 1. The first-order valence-electron chi connectivity index (χ1n) is 6.56. The summed E-state index contributed by atoms with van der Waals surface area (Å²) < 4.78 is 11.2. The average molecular weight is 304 g/mol. The number of halogens is 1. The Morgan fingerprint density at radius 1 is 1.29 bits per heavy atom. The van der Waals surface area contributed by atoms with Crippen molar-refractivity contribution in [1.82, 2.24) is 9.97 Å². The third-order valence-corrected chi connectivity index (χ3v) is 2.84. The Hall–Kier alpha value is -2.32. The van der Waals surface area contributed by atoms with Crippen molar-refractivity contribution in [3.63, 3.8) is 0 Å². The molecule has 6 heteroatoms. The lowest BCUT2D eigenvalue weighted by molar-refractivity contribution is 0.291. The van der Waals surface area contributed by atoms with E-state index in [1.54, 1.807) is 18.2 Å². The van der Waals surface area contributed by atoms with Crippen molar-refractivity contribution in [2.24, 2.45) is 0 Å². The lowest BCUT2D eigenvalue weighted by Crippen LogP contribution is -2.01. The van der Waals surface area contributed by atoms with E-state index in [2.05, 4.69) is 23.0 Å². The minimum Gasteiger partial charge on any atom is -0.488 e. The topological polar surface area (TPSA) is 68.0 Å². The molecule has 1 aromatic carbocycles. The molecule has 21 heavy (non-hydrogen) atoms. The van der Waals surface area contributed by atoms with Gasteiger partial charge in [0, 0.05) is 0 Å². The summed E-state index contributed by atoms with van der Waals surface area (Å²) in [5, 5.41) is 9.59. The highest BCUT2D eigenvalue weighted by molar-refractivity contribution is 6.30. The summed E-state index contributed by atoms with van der Waals surface area (Å²) in [6, 6.07) is 7.34. The van der Waals surface area contributed by atoms with Crippen LogP contribution in [0, 0.1) is 11.3 Å². The second-order valence-corrected chi connectivity index (χ2v) is 4.67. The Morgan fingerprint density at radius 2 is 2.05 bits per heavy atom. The van der Waals surface area contributed by atoms with Gasteiger partial charge in [-0.15, -0.1) is 0 Å². The molecule has 0 N–H and O–H groups in total. The highest BCUT2D eigenvalue weighted by atomic mass is 35.5. The first kappa shape index (κ1) is 15.1. The zero-order valence-electron chi connectivity index (χ0n) is 11.5. The minimum atomic E-state index is 0.148. The summed E-state index contributed by atoms with van der Waals surface area (Å²) >= 11 is 5.73. The average Bonchev–Trinajstić information content (AvgIpc) is 2.51. The summed E-state index contributed by atoms with van der Waals surface area (Å²) in [6.45, 7) is 2.59. The van der Waals surface area contributed by atoms with Crippen molar-refractivity contribution in [3.05, 3.63) is 41.2 Å². The van der Waals surface area contributed by atoms with Crippen LogP contribution in [0.2, 0.25) is 5.02 Å². The van der Waals surface area contributed by atoms with E-state index in [-0.39, 0.29) is 6.01 Å². The second kappa shape index (κ2) is 7.46. The molecule has 1 heterocycles. The van der Waals surface area contributed by atoms with Gasteiger partial charge in [-0.05, 0) is 18.6 Å². The molecule has 0 saturated heterocycles. The highest BCUT2D eigenvalue weighted by Crippen LogP contribution is 2.33. The van der Waals surface area contributed by atoms with Crippen LogP contribution in [0.25, 0.3) is 0 Å². The van der Waals surface area contributed by atoms with Gasteiger partial charge < -0.3 is 9.47 Å². The quantitative estimate of drug-likeness (QED) is 0.755. The minimum absolute atomic E-state index is 0.148. The molecule has 0 saturated carbocycles. The first-order chi connectivity index (χ1) is 10.2. The van der Waals surface area contributed by atoms with Crippen LogP contribution in [-0.2, 0) is 0 Å². The maximum Gasteiger partial charge on any atom is 0.322 e. The predicted octanol–water partition coefficient (Wildman–Crippen LogP) is 3.97. The summed E-state index contributed by atoms with van der Waals surface area (Å²) in [5.74, 6) is 0.819. The molecule has 0 unspecified atom stereocenters. The molecule has 1 aromatic heterocycles. The third-order valence-electron chi connectivity index (χ3n) is 2.64. The van der Waals surface area contributed by atoms with Gasteiger partial charge in [-0.25, -0.2) is 9.97 Å². The van der Waals surface area contributed by atoms with E-state index in [4.69, 9.17) is 26.3 Å². The van der Waals surface area contributed by atoms with Crippen molar-refractivity contribution >= 4 is 11.6 Å². The molecule has 2 rings (SSSR count). The van der Waals surface area contributed by atoms with Crippen molar-refractivity contribution in [1.29, 1.82) is 5.26 Å². The maximum absolute atomic E-state index is 9.17. The smallest absolute Gasteiger partial charge is 0.322 e. The van der Waals surface area contributed by atoms with Gasteiger partial charge >= 0.3 is 6.01 Å². The van der Waals surface area contributed by atoms with Gasteiger partial charge in [0.15, 0.2) is 11.5 Å². The van der Waals surface area contributed by atoms with E-state index in [1.807, 2.05) is 0 Å². The molecule has 0 bridgehead atoms. The van der Waals surface area contributed by atoms with Crippen LogP contribution >= 0.6 is 11.6 Å². The zero-order valence-corrected chi connectivity index (χ0v) is 12.3. The molecule has 2 aromatic rings. The summed E-state index contributed by atoms with van der Waals surface area (Å²) in [7, 11) is 0. The van der Waals surface area contributed by atoms with Crippen molar-refractivity contribution in [3.8, 4) is 23.6 Å².